The zero-order chi connectivity index (χ0) is 16.1. The van der Waals surface area contributed by atoms with Crippen LogP contribution in [0.5, 0.6) is 0 Å². The Morgan fingerprint density at radius 1 is 1.09 bits per heavy atom. The van der Waals surface area contributed by atoms with E-state index in [1.165, 1.54) is 0 Å². The predicted octanol–water partition coefficient (Wildman–Crippen LogP) is 4.55. The number of amides is 1. The first-order chi connectivity index (χ1) is 10.5. The first kappa shape index (κ1) is 16.8. The topological polar surface area (TPSA) is 55.4 Å². The normalized spacial score (nSPS) is 10.1. The monoisotopic (exact) mass is 401 g/mol. The van der Waals surface area contributed by atoms with Crippen LogP contribution in [0.3, 0.4) is 0 Å². The van der Waals surface area contributed by atoms with Crippen molar-refractivity contribution in [1.82, 2.24) is 0 Å². The number of hydrogen-bond donors (Lipinski definition) is 1. The maximum Gasteiger partial charge on any atom is 0.339 e. The van der Waals surface area contributed by atoms with Gasteiger partial charge in [-0.2, -0.15) is 0 Å². The Morgan fingerprint density at radius 3 is 2.36 bits per heavy atom. The molecule has 2 aromatic carbocycles. The fraction of sp³-hybridized carbons (Fsp3) is 0.0667. The van der Waals surface area contributed by atoms with Gasteiger partial charge in [0.25, 0.3) is 5.91 Å². The summed E-state index contributed by atoms with van der Waals surface area (Å²) in [6, 6.07) is 11.4. The molecule has 0 heterocycles. The number of halogens is 3. The van der Waals surface area contributed by atoms with E-state index >= 15 is 0 Å². The Labute approximate surface area is 145 Å². The highest BCUT2D eigenvalue weighted by Crippen LogP contribution is 2.22. The standard InChI is InChI=1S/C15H10BrCl2NO3/c16-13-4-2-1-3-12(13)15(21)22-8-14(20)19-11-6-9(17)5-10(18)7-11/h1-7H,8H2,(H,19,20). The minimum atomic E-state index is -0.591. The van der Waals surface area contributed by atoms with Crippen LogP contribution in [-0.4, -0.2) is 18.5 Å². The molecule has 7 heteroatoms. The molecule has 0 spiro atoms. The summed E-state index contributed by atoms with van der Waals surface area (Å²) in [6.07, 6.45) is 0. The summed E-state index contributed by atoms with van der Waals surface area (Å²) < 4.78 is 5.56. The van der Waals surface area contributed by atoms with Gasteiger partial charge in [0.1, 0.15) is 0 Å². The Hall–Kier alpha value is -1.56. The molecule has 22 heavy (non-hydrogen) atoms. The van der Waals surface area contributed by atoms with Crippen LogP contribution in [-0.2, 0) is 9.53 Å². The molecule has 0 radical (unpaired) electrons. The maximum absolute atomic E-state index is 11.9. The number of carbonyl (C=O) groups excluding carboxylic acids is 2. The zero-order valence-electron chi connectivity index (χ0n) is 11.1. The largest absolute Gasteiger partial charge is 0.452 e. The SMILES string of the molecule is O=C(COC(=O)c1ccccc1Br)Nc1cc(Cl)cc(Cl)c1. The fourth-order valence-corrected chi connectivity index (χ4v) is 2.63. The lowest BCUT2D eigenvalue weighted by Gasteiger charge is -2.08. The minimum absolute atomic E-state index is 0.348. The Balaban J connectivity index is 1.93. The zero-order valence-corrected chi connectivity index (χ0v) is 14.2. The van der Waals surface area contributed by atoms with E-state index in [0.29, 0.717) is 25.8 Å². The second-order valence-electron chi connectivity index (χ2n) is 4.26. The lowest BCUT2D eigenvalue weighted by atomic mass is 10.2. The predicted molar refractivity (Wildman–Crippen MR) is 89.5 cm³/mol. The number of hydrogen-bond acceptors (Lipinski definition) is 3. The molecule has 0 fully saturated rings. The van der Waals surface area contributed by atoms with Gasteiger partial charge in [0, 0.05) is 20.2 Å². The highest BCUT2D eigenvalue weighted by molar-refractivity contribution is 9.10. The van der Waals surface area contributed by atoms with Gasteiger partial charge < -0.3 is 10.1 Å². The van der Waals surface area contributed by atoms with E-state index in [-0.39, 0.29) is 0 Å². The van der Waals surface area contributed by atoms with Crippen molar-refractivity contribution in [3.8, 4) is 0 Å². The third-order valence-corrected chi connectivity index (χ3v) is 3.70. The highest BCUT2D eigenvalue weighted by Gasteiger charge is 2.13. The number of carbonyl (C=O) groups is 2. The lowest BCUT2D eigenvalue weighted by molar-refractivity contribution is -0.119. The van der Waals surface area contributed by atoms with Gasteiger partial charge in [-0.15, -0.1) is 0 Å². The van der Waals surface area contributed by atoms with Crippen LogP contribution in [0.4, 0.5) is 5.69 Å². The van der Waals surface area contributed by atoms with Crippen LogP contribution in [0.2, 0.25) is 10.0 Å². The molecule has 0 aliphatic heterocycles. The van der Waals surface area contributed by atoms with E-state index in [4.69, 9.17) is 27.9 Å². The third kappa shape index (κ3) is 4.73. The Morgan fingerprint density at radius 2 is 1.73 bits per heavy atom. The van der Waals surface area contributed by atoms with E-state index in [2.05, 4.69) is 21.2 Å². The van der Waals surface area contributed by atoms with Gasteiger partial charge in [-0.05, 0) is 46.3 Å². The molecule has 1 N–H and O–H groups in total. The fourth-order valence-electron chi connectivity index (χ4n) is 1.66. The summed E-state index contributed by atoms with van der Waals surface area (Å²) >= 11 is 14.9. The van der Waals surface area contributed by atoms with Crippen molar-refractivity contribution in [2.24, 2.45) is 0 Å². The number of esters is 1. The number of anilines is 1. The van der Waals surface area contributed by atoms with Crippen molar-refractivity contribution in [3.63, 3.8) is 0 Å². The maximum atomic E-state index is 11.9. The van der Waals surface area contributed by atoms with E-state index < -0.39 is 18.5 Å². The van der Waals surface area contributed by atoms with Gasteiger partial charge in [0.2, 0.25) is 0 Å². The molecule has 114 valence electrons. The summed E-state index contributed by atoms with van der Waals surface area (Å²) in [7, 11) is 0. The van der Waals surface area contributed by atoms with E-state index in [9.17, 15) is 9.59 Å². The first-order valence-corrected chi connectivity index (χ1v) is 7.68. The lowest BCUT2D eigenvalue weighted by Crippen LogP contribution is -2.21. The van der Waals surface area contributed by atoms with Crippen molar-refractivity contribution in [2.75, 3.05) is 11.9 Å². The number of benzene rings is 2. The number of ether oxygens (including phenoxy) is 1. The smallest absolute Gasteiger partial charge is 0.339 e. The third-order valence-electron chi connectivity index (χ3n) is 2.57. The summed E-state index contributed by atoms with van der Waals surface area (Å²) in [6.45, 7) is -0.412. The van der Waals surface area contributed by atoms with E-state index in [1.807, 2.05) is 0 Å². The van der Waals surface area contributed by atoms with E-state index in [0.717, 1.165) is 0 Å². The Kier molecular flexibility index (Phi) is 5.83. The molecule has 0 unspecified atom stereocenters. The van der Waals surface area contributed by atoms with Crippen molar-refractivity contribution >= 4 is 56.7 Å². The van der Waals surface area contributed by atoms with Crippen molar-refractivity contribution in [1.29, 1.82) is 0 Å². The molecule has 0 bridgehead atoms. The molecule has 0 saturated carbocycles. The number of nitrogens with one attached hydrogen (secondary N) is 1. The minimum Gasteiger partial charge on any atom is -0.452 e. The summed E-state index contributed by atoms with van der Waals surface area (Å²) in [5.41, 5.74) is 0.778. The average molecular weight is 403 g/mol. The molecule has 0 saturated heterocycles. The molecule has 2 aromatic rings. The molecule has 1 amide bonds. The molecular weight excluding hydrogens is 393 g/mol. The molecule has 0 aromatic heterocycles. The van der Waals surface area contributed by atoms with Crippen molar-refractivity contribution in [2.45, 2.75) is 0 Å². The molecule has 0 aliphatic rings. The van der Waals surface area contributed by atoms with Crippen molar-refractivity contribution in [3.05, 3.63) is 62.5 Å². The summed E-state index contributed by atoms with van der Waals surface area (Å²) in [5.74, 6) is -1.08. The average Bonchev–Trinajstić information content (AvgIpc) is 2.44. The molecule has 4 nitrogen and oxygen atoms in total. The summed E-state index contributed by atoms with van der Waals surface area (Å²) in [5, 5.41) is 3.34. The van der Waals surface area contributed by atoms with Crippen LogP contribution in [0.25, 0.3) is 0 Å². The van der Waals surface area contributed by atoms with Gasteiger partial charge in [-0.1, -0.05) is 35.3 Å². The second-order valence-corrected chi connectivity index (χ2v) is 5.99. The first-order valence-electron chi connectivity index (χ1n) is 6.13. The Bertz CT molecular complexity index is 701. The second kappa shape index (κ2) is 7.63. The van der Waals surface area contributed by atoms with Gasteiger partial charge >= 0.3 is 5.97 Å². The molecule has 0 aliphatic carbocycles. The number of rotatable bonds is 4. The van der Waals surface area contributed by atoms with Crippen LogP contribution >= 0.6 is 39.1 Å². The summed E-state index contributed by atoms with van der Waals surface area (Å²) in [4.78, 5) is 23.6. The van der Waals surface area contributed by atoms with Gasteiger partial charge in [0.05, 0.1) is 5.56 Å². The van der Waals surface area contributed by atoms with Gasteiger partial charge in [-0.25, -0.2) is 4.79 Å². The molecular formula is C15H10BrCl2NO3. The van der Waals surface area contributed by atoms with Crippen molar-refractivity contribution < 1.29 is 14.3 Å². The van der Waals surface area contributed by atoms with Crippen LogP contribution in [0.1, 0.15) is 10.4 Å². The van der Waals surface area contributed by atoms with Crippen LogP contribution in [0, 0.1) is 0 Å². The quantitative estimate of drug-likeness (QED) is 0.763. The van der Waals surface area contributed by atoms with Gasteiger partial charge in [-0.3, -0.25) is 4.79 Å². The van der Waals surface area contributed by atoms with E-state index in [1.54, 1.807) is 42.5 Å². The van der Waals surface area contributed by atoms with Gasteiger partial charge in [0.15, 0.2) is 6.61 Å². The molecule has 0 atom stereocenters. The molecule has 2 rings (SSSR count). The van der Waals surface area contributed by atoms with Crippen LogP contribution < -0.4 is 5.32 Å². The van der Waals surface area contributed by atoms with Crippen LogP contribution in [0.15, 0.2) is 46.9 Å². The highest BCUT2D eigenvalue weighted by atomic mass is 79.9.